The molecule has 4 heteroatoms. The Balaban J connectivity index is 1.93. The molecule has 0 fully saturated rings. The van der Waals surface area contributed by atoms with Crippen molar-refractivity contribution in [2.75, 3.05) is 14.1 Å². The Hall–Kier alpha value is -1.29. The minimum absolute atomic E-state index is 0.758. The number of hydrogen-bond donors (Lipinski definition) is 1. The summed E-state index contributed by atoms with van der Waals surface area (Å²) >= 11 is 6.16. The van der Waals surface area contributed by atoms with Gasteiger partial charge in [-0.1, -0.05) is 29.8 Å². The summed E-state index contributed by atoms with van der Waals surface area (Å²) in [6.07, 6.45) is 0. The maximum absolute atomic E-state index is 6.16. The fraction of sp³-hybridized carbons (Fsp3) is 0.333. The zero-order valence-electron chi connectivity index (χ0n) is 11.3. The zero-order valence-corrected chi connectivity index (χ0v) is 12.1. The minimum Gasteiger partial charge on any atom is -0.463 e. The van der Waals surface area contributed by atoms with Gasteiger partial charge in [-0.25, -0.2) is 0 Å². The summed E-state index contributed by atoms with van der Waals surface area (Å²) in [5, 5.41) is 3.88. The first kappa shape index (κ1) is 14.1. The summed E-state index contributed by atoms with van der Waals surface area (Å²) in [5.74, 6) is 1.93. The Morgan fingerprint density at radius 3 is 2.58 bits per heavy atom. The van der Waals surface area contributed by atoms with Crippen LogP contribution in [0.3, 0.4) is 0 Å². The van der Waals surface area contributed by atoms with Crippen LogP contribution in [0, 0.1) is 0 Å². The molecule has 1 heterocycles. The minimum atomic E-state index is 0.758. The Morgan fingerprint density at radius 2 is 1.84 bits per heavy atom. The lowest BCUT2D eigenvalue weighted by Crippen LogP contribution is -2.17. The predicted octanol–water partition coefficient (Wildman–Crippen LogP) is 3.28. The van der Waals surface area contributed by atoms with E-state index in [-0.39, 0.29) is 0 Å². The topological polar surface area (TPSA) is 28.4 Å². The van der Waals surface area contributed by atoms with Crippen LogP contribution in [0.5, 0.6) is 0 Å². The summed E-state index contributed by atoms with van der Waals surface area (Å²) in [7, 11) is 3.97. The van der Waals surface area contributed by atoms with Crippen molar-refractivity contribution < 1.29 is 4.42 Å². The maximum atomic E-state index is 6.16. The van der Waals surface area contributed by atoms with E-state index in [9.17, 15) is 0 Å². The molecule has 19 heavy (non-hydrogen) atoms. The molecule has 0 aliphatic carbocycles. The summed E-state index contributed by atoms with van der Waals surface area (Å²) < 4.78 is 5.73. The molecule has 1 aromatic heterocycles. The van der Waals surface area contributed by atoms with Gasteiger partial charge < -0.3 is 9.73 Å². The van der Waals surface area contributed by atoms with Crippen LogP contribution in [0.25, 0.3) is 0 Å². The van der Waals surface area contributed by atoms with Gasteiger partial charge in [-0.2, -0.15) is 0 Å². The van der Waals surface area contributed by atoms with Gasteiger partial charge in [0.1, 0.15) is 11.5 Å². The number of rotatable bonds is 6. The van der Waals surface area contributed by atoms with E-state index in [1.54, 1.807) is 0 Å². The standard InChI is InChI=1S/C15H19ClN2O/c1-17-9-13-7-8-14(19-13)11-18(2)10-12-5-3-4-6-15(12)16/h3-8,17H,9-11H2,1-2H3. The number of benzene rings is 1. The predicted molar refractivity (Wildman–Crippen MR) is 78.1 cm³/mol. The molecule has 0 saturated carbocycles. The molecule has 0 unspecified atom stereocenters. The summed E-state index contributed by atoms with van der Waals surface area (Å²) in [4.78, 5) is 2.18. The zero-order chi connectivity index (χ0) is 13.7. The molecule has 3 nitrogen and oxygen atoms in total. The first-order chi connectivity index (χ1) is 9.19. The van der Waals surface area contributed by atoms with Crippen molar-refractivity contribution in [1.82, 2.24) is 10.2 Å². The number of nitrogens with zero attached hydrogens (tertiary/aromatic N) is 1. The molecule has 0 aliphatic rings. The van der Waals surface area contributed by atoms with E-state index in [1.807, 2.05) is 43.4 Å². The van der Waals surface area contributed by atoms with Gasteiger partial charge in [0.2, 0.25) is 0 Å². The Bertz CT molecular complexity index is 524. The van der Waals surface area contributed by atoms with E-state index in [0.717, 1.165) is 41.7 Å². The first-order valence-corrected chi connectivity index (χ1v) is 6.71. The van der Waals surface area contributed by atoms with Gasteiger partial charge in [0, 0.05) is 11.6 Å². The molecule has 1 aromatic carbocycles. The van der Waals surface area contributed by atoms with E-state index in [4.69, 9.17) is 16.0 Å². The third kappa shape index (κ3) is 4.10. The molecule has 0 bridgehead atoms. The van der Waals surface area contributed by atoms with Crippen LogP contribution in [0.4, 0.5) is 0 Å². The van der Waals surface area contributed by atoms with Crippen LogP contribution in [-0.4, -0.2) is 19.0 Å². The second-order valence-electron chi connectivity index (χ2n) is 4.66. The largest absolute Gasteiger partial charge is 0.463 e. The fourth-order valence-electron chi connectivity index (χ4n) is 2.02. The normalized spacial score (nSPS) is 11.2. The molecule has 2 aromatic rings. The van der Waals surface area contributed by atoms with Crippen molar-refractivity contribution >= 4 is 11.6 Å². The Morgan fingerprint density at radius 1 is 1.11 bits per heavy atom. The van der Waals surface area contributed by atoms with Gasteiger partial charge in [0.15, 0.2) is 0 Å². The second kappa shape index (κ2) is 6.75. The van der Waals surface area contributed by atoms with Crippen molar-refractivity contribution in [1.29, 1.82) is 0 Å². The average Bonchev–Trinajstić information content (AvgIpc) is 2.80. The molecule has 0 atom stereocenters. The maximum Gasteiger partial charge on any atom is 0.118 e. The van der Waals surface area contributed by atoms with E-state index in [1.165, 1.54) is 0 Å². The fourth-order valence-corrected chi connectivity index (χ4v) is 2.21. The van der Waals surface area contributed by atoms with Crippen LogP contribution < -0.4 is 5.32 Å². The van der Waals surface area contributed by atoms with Gasteiger partial charge in [-0.05, 0) is 37.9 Å². The van der Waals surface area contributed by atoms with Crippen molar-refractivity contribution in [3.63, 3.8) is 0 Å². The molecular weight excluding hydrogens is 260 g/mol. The van der Waals surface area contributed by atoms with Gasteiger partial charge in [-0.3, -0.25) is 4.90 Å². The quantitative estimate of drug-likeness (QED) is 0.879. The molecule has 0 spiro atoms. The Kier molecular flexibility index (Phi) is 5.02. The molecule has 0 aliphatic heterocycles. The molecular formula is C15H19ClN2O. The van der Waals surface area contributed by atoms with Crippen molar-refractivity contribution in [3.05, 3.63) is 58.5 Å². The molecule has 0 saturated heterocycles. The van der Waals surface area contributed by atoms with E-state index >= 15 is 0 Å². The van der Waals surface area contributed by atoms with Crippen molar-refractivity contribution in [2.45, 2.75) is 19.6 Å². The lowest BCUT2D eigenvalue weighted by atomic mass is 10.2. The molecule has 102 valence electrons. The van der Waals surface area contributed by atoms with Crippen molar-refractivity contribution in [3.8, 4) is 0 Å². The smallest absolute Gasteiger partial charge is 0.118 e. The highest BCUT2D eigenvalue weighted by atomic mass is 35.5. The van der Waals surface area contributed by atoms with Crippen LogP contribution in [-0.2, 0) is 19.6 Å². The van der Waals surface area contributed by atoms with E-state index in [2.05, 4.69) is 17.3 Å². The van der Waals surface area contributed by atoms with E-state index < -0.39 is 0 Å². The summed E-state index contributed by atoms with van der Waals surface area (Å²) in [5.41, 5.74) is 1.13. The summed E-state index contributed by atoms with van der Waals surface area (Å²) in [6, 6.07) is 12.0. The average molecular weight is 279 g/mol. The highest BCUT2D eigenvalue weighted by Crippen LogP contribution is 2.18. The van der Waals surface area contributed by atoms with Crippen LogP contribution in [0.1, 0.15) is 17.1 Å². The number of halogens is 1. The SMILES string of the molecule is CNCc1ccc(CN(C)Cc2ccccc2Cl)o1. The second-order valence-corrected chi connectivity index (χ2v) is 5.07. The molecule has 2 rings (SSSR count). The molecule has 1 N–H and O–H groups in total. The molecule has 0 radical (unpaired) electrons. The summed E-state index contributed by atoms with van der Waals surface area (Å²) in [6.45, 7) is 2.34. The van der Waals surface area contributed by atoms with E-state index in [0.29, 0.717) is 0 Å². The number of nitrogens with one attached hydrogen (secondary N) is 1. The highest BCUT2D eigenvalue weighted by Gasteiger charge is 2.07. The van der Waals surface area contributed by atoms with Gasteiger partial charge in [-0.15, -0.1) is 0 Å². The third-order valence-electron chi connectivity index (χ3n) is 2.89. The van der Waals surface area contributed by atoms with Crippen LogP contribution >= 0.6 is 11.6 Å². The van der Waals surface area contributed by atoms with Crippen LogP contribution in [0.15, 0.2) is 40.8 Å². The lowest BCUT2D eigenvalue weighted by Gasteiger charge is -2.16. The van der Waals surface area contributed by atoms with Gasteiger partial charge >= 0.3 is 0 Å². The third-order valence-corrected chi connectivity index (χ3v) is 3.26. The number of hydrogen-bond acceptors (Lipinski definition) is 3. The lowest BCUT2D eigenvalue weighted by molar-refractivity contribution is 0.283. The van der Waals surface area contributed by atoms with Gasteiger partial charge in [0.05, 0.1) is 13.1 Å². The monoisotopic (exact) mass is 278 g/mol. The van der Waals surface area contributed by atoms with Crippen molar-refractivity contribution in [2.24, 2.45) is 0 Å². The van der Waals surface area contributed by atoms with Crippen LogP contribution in [0.2, 0.25) is 5.02 Å². The highest BCUT2D eigenvalue weighted by molar-refractivity contribution is 6.31. The first-order valence-electron chi connectivity index (χ1n) is 6.33. The van der Waals surface area contributed by atoms with Gasteiger partial charge in [0.25, 0.3) is 0 Å². The molecule has 0 amide bonds. The Labute approximate surface area is 119 Å². The number of furan rings is 1.